The van der Waals surface area contributed by atoms with E-state index in [1.807, 2.05) is 36.4 Å². The zero-order chi connectivity index (χ0) is 31.8. The molecule has 0 saturated heterocycles. The molecule has 48 heavy (non-hydrogen) atoms. The van der Waals surface area contributed by atoms with Gasteiger partial charge in [0.2, 0.25) is 0 Å². The van der Waals surface area contributed by atoms with Crippen molar-refractivity contribution in [3.05, 3.63) is 186 Å². The fourth-order valence-electron chi connectivity index (χ4n) is 8.01. The van der Waals surface area contributed by atoms with Gasteiger partial charge in [0.1, 0.15) is 11.0 Å². The Labute approximate surface area is 277 Å². The lowest BCUT2D eigenvalue weighted by Gasteiger charge is -2.30. The monoisotopic (exact) mass is 610 g/mol. The van der Waals surface area contributed by atoms with E-state index < -0.39 is 0 Å². The normalized spacial score (nSPS) is 13.1. The smallest absolute Gasteiger partial charge is 0.114 e. The van der Waals surface area contributed by atoms with Crippen LogP contribution in [-0.4, -0.2) is 15.0 Å². The summed E-state index contributed by atoms with van der Waals surface area (Å²) in [7, 11) is 0. The summed E-state index contributed by atoms with van der Waals surface area (Å²) in [6.07, 6.45) is 0. The molecule has 1 aromatic heterocycles. The van der Waals surface area contributed by atoms with Crippen LogP contribution in [0.5, 0.6) is 0 Å². The highest BCUT2D eigenvalue weighted by atomic mass is 15.5. The molecule has 0 unspecified atom stereocenters. The van der Waals surface area contributed by atoms with Crippen molar-refractivity contribution in [2.75, 3.05) is 0 Å². The van der Waals surface area contributed by atoms with Crippen LogP contribution in [0.3, 0.4) is 0 Å². The first-order chi connectivity index (χ1) is 23.7. The average Bonchev–Trinajstić information content (AvgIpc) is 3.81. The van der Waals surface area contributed by atoms with Crippen molar-refractivity contribution < 1.29 is 0 Å². The molecular weight excluding hydrogens is 585 g/mol. The Bertz CT molecular complexity index is 2560. The Kier molecular flexibility index (Phi) is 5.53. The topological polar surface area (TPSA) is 54.5 Å². The third-order valence-electron chi connectivity index (χ3n) is 10.2. The lowest BCUT2D eigenvalue weighted by atomic mass is 9.70. The van der Waals surface area contributed by atoms with E-state index in [-0.39, 0.29) is 5.41 Å². The number of hydrogen-bond donors (Lipinski definition) is 0. The molecule has 0 bridgehead atoms. The van der Waals surface area contributed by atoms with E-state index in [1.165, 1.54) is 44.5 Å². The molecule has 2 aliphatic carbocycles. The molecule has 4 nitrogen and oxygen atoms in total. The van der Waals surface area contributed by atoms with E-state index in [2.05, 4.69) is 127 Å². The third-order valence-corrected chi connectivity index (χ3v) is 10.2. The summed E-state index contributed by atoms with van der Waals surface area (Å²) in [6, 6.07) is 58.0. The van der Waals surface area contributed by atoms with Gasteiger partial charge in [0.05, 0.1) is 22.7 Å². The SMILES string of the molecule is N#Cc1ccc(-c2ccc(-n3nc4ccc(-c5ccc6c(c5)C5(c7ccccc7-c7ccccc75)c5ccccc5-6)cc4n3)cc2)cc1. The first-order valence-electron chi connectivity index (χ1n) is 16.1. The highest BCUT2D eigenvalue weighted by molar-refractivity contribution is 5.96. The summed E-state index contributed by atoms with van der Waals surface area (Å²) in [5.74, 6) is 0. The van der Waals surface area contributed by atoms with Gasteiger partial charge in [-0.15, -0.1) is 10.2 Å². The van der Waals surface area contributed by atoms with E-state index in [4.69, 9.17) is 15.5 Å². The predicted octanol–water partition coefficient (Wildman–Crippen LogP) is 9.97. The van der Waals surface area contributed by atoms with Crippen LogP contribution in [-0.2, 0) is 5.41 Å². The number of benzene rings is 7. The van der Waals surface area contributed by atoms with Gasteiger partial charge in [-0.1, -0.05) is 115 Å². The molecule has 7 aromatic carbocycles. The highest BCUT2D eigenvalue weighted by Crippen LogP contribution is 2.63. The molecule has 222 valence electrons. The van der Waals surface area contributed by atoms with Crippen molar-refractivity contribution >= 4 is 11.0 Å². The van der Waals surface area contributed by atoms with Crippen LogP contribution >= 0.6 is 0 Å². The van der Waals surface area contributed by atoms with E-state index in [1.54, 1.807) is 4.80 Å². The molecule has 4 heteroatoms. The molecule has 0 fully saturated rings. The maximum Gasteiger partial charge on any atom is 0.114 e. The second-order valence-electron chi connectivity index (χ2n) is 12.6. The number of fused-ring (bicyclic) bond motifs is 11. The van der Waals surface area contributed by atoms with Crippen molar-refractivity contribution in [2.24, 2.45) is 0 Å². The van der Waals surface area contributed by atoms with Crippen LogP contribution in [0.15, 0.2) is 158 Å². The molecule has 8 aromatic rings. The quantitative estimate of drug-likeness (QED) is 0.200. The molecule has 0 N–H and O–H groups in total. The maximum absolute atomic E-state index is 9.12. The molecule has 2 aliphatic rings. The standard InChI is InChI=1S/C44H26N4/c45-27-28-13-15-29(16-14-28)30-17-21-33(22-18-30)48-46-42-24-20-32(26-43(42)47-48)31-19-23-37-36-9-3-6-12-40(36)44(41(37)25-31)38-10-4-1-7-34(38)35-8-2-5-11-39(35)44/h1-26H. The van der Waals surface area contributed by atoms with Crippen molar-refractivity contribution in [3.8, 4) is 56.3 Å². The van der Waals surface area contributed by atoms with Gasteiger partial charge in [-0.05, 0) is 109 Å². The third kappa shape index (κ3) is 3.64. The molecule has 1 heterocycles. The van der Waals surface area contributed by atoms with E-state index in [9.17, 15) is 0 Å². The molecular formula is C44H26N4. The summed E-state index contributed by atoms with van der Waals surface area (Å²) in [5.41, 5.74) is 17.8. The number of rotatable bonds is 3. The molecule has 10 rings (SSSR count). The van der Waals surface area contributed by atoms with Crippen LogP contribution in [0, 0.1) is 11.3 Å². The fourth-order valence-corrected chi connectivity index (χ4v) is 8.01. The van der Waals surface area contributed by atoms with Gasteiger partial charge < -0.3 is 0 Å². The predicted molar refractivity (Wildman–Crippen MR) is 191 cm³/mol. The molecule has 0 saturated carbocycles. The van der Waals surface area contributed by atoms with Gasteiger partial charge in [0, 0.05) is 0 Å². The Morgan fingerprint density at radius 1 is 0.438 bits per heavy atom. The van der Waals surface area contributed by atoms with Gasteiger partial charge in [0.25, 0.3) is 0 Å². The summed E-state index contributed by atoms with van der Waals surface area (Å²) in [4.78, 5) is 1.71. The number of hydrogen-bond acceptors (Lipinski definition) is 3. The van der Waals surface area contributed by atoms with Crippen molar-refractivity contribution in [1.29, 1.82) is 5.26 Å². The lowest BCUT2D eigenvalue weighted by Crippen LogP contribution is -2.25. The molecule has 0 atom stereocenters. The van der Waals surface area contributed by atoms with E-state index in [0.29, 0.717) is 5.56 Å². The second-order valence-corrected chi connectivity index (χ2v) is 12.6. The Morgan fingerprint density at radius 3 is 1.52 bits per heavy atom. The van der Waals surface area contributed by atoms with Crippen molar-refractivity contribution in [1.82, 2.24) is 15.0 Å². The van der Waals surface area contributed by atoms with Crippen LogP contribution in [0.4, 0.5) is 0 Å². The summed E-state index contributed by atoms with van der Waals surface area (Å²) in [5, 5.41) is 18.8. The number of aromatic nitrogens is 3. The van der Waals surface area contributed by atoms with E-state index >= 15 is 0 Å². The van der Waals surface area contributed by atoms with Crippen molar-refractivity contribution in [2.45, 2.75) is 5.41 Å². The Balaban J connectivity index is 1.07. The molecule has 0 amide bonds. The number of nitriles is 1. The minimum absolute atomic E-state index is 0.369. The largest absolute Gasteiger partial charge is 0.192 e. The Hall–Kier alpha value is -6.57. The van der Waals surface area contributed by atoms with Gasteiger partial charge in [-0.2, -0.15) is 10.1 Å². The second kappa shape index (κ2) is 9.96. The minimum atomic E-state index is -0.369. The first kappa shape index (κ1) is 26.6. The van der Waals surface area contributed by atoms with Crippen LogP contribution in [0.2, 0.25) is 0 Å². The highest BCUT2D eigenvalue weighted by Gasteiger charge is 2.51. The van der Waals surface area contributed by atoms with Gasteiger partial charge in [-0.25, -0.2) is 0 Å². The first-order valence-corrected chi connectivity index (χ1v) is 16.1. The summed E-state index contributed by atoms with van der Waals surface area (Å²) >= 11 is 0. The summed E-state index contributed by atoms with van der Waals surface area (Å²) < 4.78 is 0. The van der Waals surface area contributed by atoms with Crippen LogP contribution in [0.25, 0.3) is 61.2 Å². The van der Waals surface area contributed by atoms with Gasteiger partial charge >= 0.3 is 0 Å². The maximum atomic E-state index is 9.12. The molecule has 0 aliphatic heterocycles. The Morgan fingerprint density at radius 2 is 0.917 bits per heavy atom. The van der Waals surface area contributed by atoms with Crippen LogP contribution < -0.4 is 0 Å². The van der Waals surface area contributed by atoms with Gasteiger partial charge in [-0.3, -0.25) is 0 Å². The van der Waals surface area contributed by atoms with Crippen LogP contribution in [0.1, 0.15) is 27.8 Å². The van der Waals surface area contributed by atoms with Crippen molar-refractivity contribution in [3.63, 3.8) is 0 Å². The summed E-state index contributed by atoms with van der Waals surface area (Å²) in [6.45, 7) is 0. The molecule has 0 radical (unpaired) electrons. The zero-order valence-corrected chi connectivity index (χ0v) is 25.8. The lowest BCUT2D eigenvalue weighted by molar-refractivity contribution is 0.766. The van der Waals surface area contributed by atoms with E-state index in [0.717, 1.165) is 39.0 Å². The fraction of sp³-hybridized carbons (Fsp3) is 0.0227. The number of nitrogens with zero attached hydrogens (tertiary/aromatic N) is 4. The molecule has 1 spiro atoms. The van der Waals surface area contributed by atoms with Gasteiger partial charge in [0.15, 0.2) is 0 Å². The minimum Gasteiger partial charge on any atom is -0.192 e. The zero-order valence-electron chi connectivity index (χ0n) is 25.8. The average molecular weight is 611 g/mol.